The van der Waals surface area contributed by atoms with Crippen LogP contribution in [0.5, 0.6) is 0 Å². The van der Waals surface area contributed by atoms with Gasteiger partial charge in [0.15, 0.2) is 0 Å². The Morgan fingerprint density at radius 3 is 2.68 bits per heavy atom. The number of fused-ring (bicyclic) bond motifs is 1. The van der Waals surface area contributed by atoms with Gasteiger partial charge in [0, 0.05) is 19.2 Å². The fourth-order valence-corrected chi connectivity index (χ4v) is 2.70. The summed E-state index contributed by atoms with van der Waals surface area (Å²) < 4.78 is 47.2. The quantitative estimate of drug-likeness (QED) is 0.738. The molecule has 0 fully saturated rings. The molecule has 12 heteroatoms. The van der Waals surface area contributed by atoms with Crippen molar-refractivity contribution in [3.8, 4) is 0 Å². The smallest absolute Gasteiger partial charge is 0.350 e. The average Bonchev–Trinajstić information content (AvgIpc) is 3.13. The molecular weight excluding hydrogens is 361 g/mol. The fourth-order valence-electron chi connectivity index (χ4n) is 2.18. The summed E-state index contributed by atoms with van der Waals surface area (Å²) in [6, 6.07) is 4.77. The number of hydrogen-bond acceptors (Lipinski definition) is 6. The number of alkyl halides is 3. The zero-order valence-corrected chi connectivity index (χ0v) is 13.6. The summed E-state index contributed by atoms with van der Waals surface area (Å²) >= 11 is 1.02. The van der Waals surface area contributed by atoms with E-state index in [1.807, 2.05) is 0 Å². The molecule has 0 saturated carbocycles. The Morgan fingerprint density at radius 1 is 1.28 bits per heavy atom. The van der Waals surface area contributed by atoms with Crippen molar-refractivity contribution in [3.05, 3.63) is 40.1 Å². The van der Waals surface area contributed by atoms with Gasteiger partial charge in [-0.3, -0.25) is 9.36 Å². The molecule has 0 saturated heterocycles. The Hall–Kier alpha value is -2.76. The molecule has 8 nitrogen and oxygen atoms in total. The largest absolute Gasteiger partial charge is 0.451 e. The minimum atomic E-state index is -4.72. The number of amides is 1. The molecule has 2 heterocycles. The highest BCUT2D eigenvalue weighted by atomic mass is 32.1. The van der Waals surface area contributed by atoms with Crippen LogP contribution < -0.4 is 11.0 Å². The number of carbonyl (C=O) groups is 1. The van der Waals surface area contributed by atoms with Crippen LogP contribution in [-0.2, 0) is 19.8 Å². The van der Waals surface area contributed by atoms with E-state index in [0.717, 1.165) is 18.8 Å². The van der Waals surface area contributed by atoms with E-state index in [9.17, 15) is 22.8 Å². The number of halogens is 3. The molecular formula is C13H11F3N6O2S. The topological polar surface area (TPSA) is 94.7 Å². The highest BCUT2D eigenvalue weighted by Gasteiger charge is 2.37. The third-order valence-corrected chi connectivity index (χ3v) is 3.98. The molecule has 0 unspecified atom stereocenters. The van der Waals surface area contributed by atoms with Gasteiger partial charge in [0.2, 0.25) is 5.82 Å². The van der Waals surface area contributed by atoms with Crippen molar-refractivity contribution in [1.82, 2.24) is 28.4 Å². The van der Waals surface area contributed by atoms with E-state index in [2.05, 4.69) is 19.2 Å². The summed E-state index contributed by atoms with van der Waals surface area (Å²) in [6.07, 6.45) is -4.72. The van der Waals surface area contributed by atoms with Crippen LogP contribution >= 0.6 is 11.7 Å². The molecule has 1 N–H and O–H groups in total. The van der Waals surface area contributed by atoms with Gasteiger partial charge in [-0.1, -0.05) is 0 Å². The summed E-state index contributed by atoms with van der Waals surface area (Å²) in [5.41, 5.74) is 0.677. The fraction of sp³-hybridized carbons (Fsp3) is 0.308. The number of nitrogens with zero attached hydrogens (tertiary/aromatic N) is 5. The monoisotopic (exact) mass is 372 g/mol. The first kappa shape index (κ1) is 17.1. The Labute approximate surface area is 142 Å². The Balaban J connectivity index is 1.66. The Morgan fingerprint density at radius 2 is 2.00 bits per heavy atom. The summed E-state index contributed by atoms with van der Waals surface area (Å²) in [4.78, 5) is 23.8. The molecule has 2 aromatic heterocycles. The van der Waals surface area contributed by atoms with Crippen molar-refractivity contribution in [1.29, 1.82) is 0 Å². The highest BCUT2D eigenvalue weighted by molar-refractivity contribution is 7.00. The van der Waals surface area contributed by atoms with Crippen LogP contribution in [0.15, 0.2) is 23.0 Å². The van der Waals surface area contributed by atoms with Crippen LogP contribution in [-0.4, -0.2) is 35.5 Å². The van der Waals surface area contributed by atoms with Gasteiger partial charge < -0.3 is 5.32 Å². The van der Waals surface area contributed by atoms with Crippen LogP contribution in [0.25, 0.3) is 11.0 Å². The summed E-state index contributed by atoms with van der Waals surface area (Å²) in [6.45, 7) is -0.241. The lowest BCUT2D eigenvalue weighted by molar-refractivity contribution is -0.147. The second-order valence-corrected chi connectivity index (χ2v) is 5.64. The lowest BCUT2D eigenvalue weighted by Gasteiger charge is -2.05. The summed E-state index contributed by atoms with van der Waals surface area (Å²) in [5.74, 6) is -1.72. The van der Waals surface area contributed by atoms with E-state index < -0.39 is 23.6 Å². The van der Waals surface area contributed by atoms with Crippen molar-refractivity contribution < 1.29 is 18.0 Å². The minimum absolute atomic E-state index is 0.0552. The molecule has 132 valence electrons. The van der Waals surface area contributed by atoms with E-state index in [1.165, 1.54) is 0 Å². The van der Waals surface area contributed by atoms with Gasteiger partial charge in [0.1, 0.15) is 11.0 Å². The van der Waals surface area contributed by atoms with Crippen LogP contribution in [0.4, 0.5) is 13.2 Å². The maximum Gasteiger partial charge on any atom is 0.451 e. The van der Waals surface area contributed by atoms with Crippen LogP contribution in [0.1, 0.15) is 16.2 Å². The van der Waals surface area contributed by atoms with E-state index >= 15 is 0 Å². The molecule has 0 aliphatic carbocycles. The SMILES string of the molecule is Cn1c(C(F)(F)F)nn(CCNC(=O)c2ccc3nsnc3c2)c1=O. The summed E-state index contributed by atoms with van der Waals surface area (Å²) in [5, 5.41) is 5.78. The standard InChI is InChI=1S/C13H11F3N6O2S/c1-21-11(13(14,15)16)18-22(12(21)24)5-4-17-10(23)7-2-3-8-9(6-7)20-25-19-8/h2-3,6H,4-5H2,1H3,(H,17,23). The lowest BCUT2D eigenvalue weighted by Crippen LogP contribution is -2.31. The maximum absolute atomic E-state index is 12.7. The molecule has 0 atom stereocenters. The first-order valence-electron chi connectivity index (χ1n) is 6.99. The third-order valence-electron chi connectivity index (χ3n) is 3.42. The summed E-state index contributed by atoms with van der Waals surface area (Å²) in [7, 11) is 0.990. The second kappa shape index (κ2) is 6.27. The number of benzene rings is 1. The van der Waals surface area contributed by atoms with Crippen LogP contribution in [0, 0.1) is 0 Å². The van der Waals surface area contributed by atoms with Gasteiger partial charge in [0.25, 0.3) is 5.91 Å². The lowest BCUT2D eigenvalue weighted by atomic mass is 10.2. The number of aromatic nitrogens is 5. The highest BCUT2D eigenvalue weighted by Crippen LogP contribution is 2.25. The normalized spacial score (nSPS) is 11.8. The van der Waals surface area contributed by atoms with Gasteiger partial charge in [0.05, 0.1) is 18.3 Å². The number of nitrogens with one attached hydrogen (secondary N) is 1. The molecule has 0 bridgehead atoms. The average molecular weight is 372 g/mol. The zero-order valence-electron chi connectivity index (χ0n) is 12.7. The molecule has 0 spiro atoms. The molecule has 1 amide bonds. The van der Waals surface area contributed by atoms with Gasteiger partial charge >= 0.3 is 11.9 Å². The number of carbonyl (C=O) groups excluding carboxylic acids is 1. The van der Waals surface area contributed by atoms with Gasteiger partial charge in [-0.25, -0.2) is 9.48 Å². The van der Waals surface area contributed by atoms with Crippen LogP contribution in [0.2, 0.25) is 0 Å². The molecule has 0 aliphatic heterocycles. The first-order chi connectivity index (χ1) is 11.8. The Bertz CT molecular complexity index is 990. The molecule has 0 aliphatic rings. The van der Waals surface area contributed by atoms with Gasteiger partial charge in [-0.15, -0.1) is 5.10 Å². The molecule has 3 aromatic rings. The molecule has 0 radical (unpaired) electrons. The van der Waals surface area contributed by atoms with Gasteiger partial charge in [-0.2, -0.15) is 21.9 Å². The van der Waals surface area contributed by atoms with E-state index in [0.29, 0.717) is 25.8 Å². The van der Waals surface area contributed by atoms with Crippen LogP contribution in [0.3, 0.4) is 0 Å². The Kier molecular flexibility index (Phi) is 4.29. The molecule has 25 heavy (non-hydrogen) atoms. The van der Waals surface area contributed by atoms with E-state index in [1.54, 1.807) is 18.2 Å². The molecule has 1 aromatic carbocycles. The van der Waals surface area contributed by atoms with E-state index in [-0.39, 0.29) is 13.1 Å². The maximum atomic E-state index is 12.7. The number of rotatable bonds is 4. The van der Waals surface area contributed by atoms with Crippen molar-refractivity contribution in [2.24, 2.45) is 7.05 Å². The molecule has 3 rings (SSSR count). The second-order valence-electron chi connectivity index (χ2n) is 5.11. The third kappa shape index (κ3) is 3.38. The van der Waals surface area contributed by atoms with Crippen molar-refractivity contribution in [2.75, 3.05) is 6.54 Å². The van der Waals surface area contributed by atoms with E-state index in [4.69, 9.17) is 0 Å². The van der Waals surface area contributed by atoms with Gasteiger partial charge in [-0.05, 0) is 18.2 Å². The minimum Gasteiger partial charge on any atom is -0.350 e. The zero-order chi connectivity index (χ0) is 18.2. The predicted molar refractivity (Wildman–Crippen MR) is 82.2 cm³/mol. The van der Waals surface area contributed by atoms with Crippen molar-refractivity contribution >= 4 is 28.7 Å². The number of hydrogen-bond donors (Lipinski definition) is 1. The predicted octanol–water partition coefficient (Wildman–Crippen LogP) is 1.04. The first-order valence-corrected chi connectivity index (χ1v) is 7.72. The van der Waals surface area contributed by atoms with Crippen molar-refractivity contribution in [3.63, 3.8) is 0 Å². The van der Waals surface area contributed by atoms with Crippen molar-refractivity contribution in [2.45, 2.75) is 12.7 Å².